The third-order valence-corrected chi connectivity index (χ3v) is 10.4. The summed E-state index contributed by atoms with van der Waals surface area (Å²) in [4.78, 5) is 2.75. The third kappa shape index (κ3) is 10.5. The van der Waals surface area contributed by atoms with E-state index in [1.54, 1.807) is 0 Å². The summed E-state index contributed by atoms with van der Waals surface area (Å²) in [6, 6.07) is 20.1. The van der Waals surface area contributed by atoms with Crippen molar-refractivity contribution in [2.75, 3.05) is 66.0 Å². The predicted octanol–water partition coefficient (Wildman–Crippen LogP) is 5.25. The number of piperidine rings is 1. The molecule has 3 fully saturated rings. The van der Waals surface area contributed by atoms with Crippen molar-refractivity contribution in [1.29, 1.82) is 0 Å². The van der Waals surface area contributed by atoms with Crippen LogP contribution >= 0.6 is 0 Å². The first kappa shape index (κ1) is 37.3. The number of hydrogen-bond donors (Lipinski definition) is 1. The summed E-state index contributed by atoms with van der Waals surface area (Å²) in [5.74, 6) is 6.62. The number of fused-ring (bicyclic) bond motifs is 2. The summed E-state index contributed by atoms with van der Waals surface area (Å²) >= 11 is 0. The lowest BCUT2D eigenvalue weighted by molar-refractivity contribution is -0.00187. The zero-order chi connectivity index (χ0) is 35.3. The fourth-order valence-corrected chi connectivity index (χ4v) is 7.78. The van der Waals surface area contributed by atoms with Gasteiger partial charge in [-0.3, -0.25) is 4.90 Å². The zero-order valence-corrected chi connectivity index (χ0v) is 30.1. The van der Waals surface area contributed by atoms with E-state index in [1.807, 2.05) is 24.3 Å². The van der Waals surface area contributed by atoms with Gasteiger partial charge in [0.05, 0.1) is 46.2 Å². The lowest BCUT2D eigenvalue weighted by Gasteiger charge is -2.41. The van der Waals surface area contributed by atoms with E-state index in [9.17, 15) is 0 Å². The van der Waals surface area contributed by atoms with Gasteiger partial charge >= 0.3 is 0 Å². The molecule has 2 bridgehead atoms. The highest BCUT2D eigenvalue weighted by Gasteiger charge is 2.43. The third-order valence-electron chi connectivity index (χ3n) is 10.4. The maximum Gasteiger partial charge on any atom is 0.136 e. The summed E-state index contributed by atoms with van der Waals surface area (Å²) in [6.07, 6.45) is 13.1. The van der Waals surface area contributed by atoms with Crippen molar-refractivity contribution in [1.82, 2.24) is 19.7 Å². The van der Waals surface area contributed by atoms with Crippen LogP contribution in [-0.4, -0.2) is 104 Å². The molecule has 1 aromatic heterocycles. The number of rotatable bonds is 22. The molecule has 3 aromatic rings. The van der Waals surface area contributed by atoms with Crippen LogP contribution in [0.3, 0.4) is 0 Å². The topological polar surface area (TPSA) is 115 Å². The van der Waals surface area contributed by atoms with Gasteiger partial charge in [0.15, 0.2) is 0 Å². The monoisotopic (exact) mass is 701 g/mol. The molecular weight excluding hydrogens is 646 g/mol. The second-order valence-electron chi connectivity index (χ2n) is 13.9. The van der Waals surface area contributed by atoms with Crippen molar-refractivity contribution in [3.05, 3.63) is 71.8 Å². The largest absolute Gasteiger partial charge is 0.491 e. The Morgan fingerprint density at radius 1 is 0.765 bits per heavy atom. The van der Waals surface area contributed by atoms with Crippen LogP contribution in [0.2, 0.25) is 0 Å². The Hall–Kier alpha value is -3.50. The summed E-state index contributed by atoms with van der Waals surface area (Å²) in [6.45, 7) is 7.48. The molecule has 1 aliphatic carbocycles. The number of ether oxygens (including phenoxy) is 6. The van der Waals surface area contributed by atoms with Gasteiger partial charge in [-0.15, -0.1) is 16.6 Å². The molecule has 3 heterocycles. The highest BCUT2D eigenvalue weighted by Crippen LogP contribution is 2.45. The lowest BCUT2D eigenvalue weighted by atomic mass is 9.81. The zero-order valence-electron chi connectivity index (χ0n) is 30.1. The molecule has 51 heavy (non-hydrogen) atoms. The van der Waals surface area contributed by atoms with E-state index >= 15 is 0 Å². The van der Waals surface area contributed by atoms with Gasteiger partial charge in [-0.1, -0.05) is 36.3 Å². The molecule has 3 atom stereocenters. The first-order chi connectivity index (χ1) is 25.1. The Labute approximate surface area is 303 Å². The average Bonchev–Trinajstić information content (AvgIpc) is 3.63. The van der Waals surface area contributed by atoms with E-state index in [2.05, 4.69) is 57.7 Å². The fraction of sp³-hybridized carbons (Fsp3) is 0.600. The second-order valence-corrected chi connectivity index (χ2v) is 13.9. The van der Waals surface area contributed by atoms with E-state index in [0.29, 0.717) is 83.5 Å². The van der Waals surface area contributed by atoms with Crippen LogP contribution < -0.4 is 15.2 Å². The quantitative estimate of drug-likeness (QED) is 0.110. The van der Waals surface area contributed by atoms with Crippen LogP contribution in [0.25, 0.3) is 0 Å². The van der Waals surface area contributed by atoms with E-state index < -0.39 is 0 Å². The smallest absolute Gasteiger partial charge is 0.136 e. The summed E-state index contributed by atoms with van der Waals surface area (Å²) in [7, 11) is 0. The Morgan fingerprint density at radius 2 is 1.37 bits per heavy atom. The van der Waals surface area contributed by atoms with Crippen LogP contribution in [0.5, 0.6) is 11.5 Å². The van der Waals surface area contributed by atoms with Crippen molar-refractivity contribution in [3.63, 3.8) is 0 Å². The van der Waals surface area contributed by atoms with Crippen molar-refractivity contribution < 1.29 is 28.4 Å². The number of nitrogens with zero attached hydrogens (tertiary/aromatic N) is 4. The first-order valence-corrected chi connectivity index (χ1v) is 18.7. The van der Waals surface area contributed by atoms with Gasteiger partial charge in [0.2, 0.25) is 0 Å². The SMILES string of the molecule is C#CCOCCOCCOCCOCCOc1ccc(OC2CC(c3nnc(C)n3C3CC4CCC(C3)N4CC[C@H](N)c3ccccc3)C2)cc1. The average molecular weight is 702 g/mol. The normalized spacial score (nSPS) is 23.4. The van der Waals surface area contributed by atoms with Crippen LogP contribution in [0.15, 0.2) is 54.6 Å². The molecule has 2 N–H and O–H groups in total. The molecule has 1 saturated carbocycles. The van der Waals surface area contributed by atoms with Crippen LogP contribution in [0.1, 0.15) is 80.2 Å². The molecule has 0 spiro atoms. The lowest BCUT2D eigenvalue weighted by Crippen LogP contribution is -2.45. The Morgan fingerprint density at radius 3 is 2.02 bits per heavy atom. The Balaban J connectivity index is 0.856. The van der Waals surface area contributed by atoms with Gasteiger partial charge in [0, 0.05) is 36.6 Å². The van der Waals surface area contributed by atoms with Crippen LogP contribution in [0, 0.1) is 19.3 Å². The minimum absolute atomic E-state index is 0.0896. The maximum atomic E-state index is 6.57. The molecule has 276 valence electrons. The van der Waals surface area contributed by atoms with Crippen LogP contribution in [-0.2, 0) is 18.9 Å². The van der Waals surface area contributed by atoms with Gasteiger partial charge in [-0.2, -0.15) is 0 Å². The molecule has 0 radical (unpaired) electrons. The number of terminal acetylenes is 1. The Bertz CT molecular complexity index is 1480. The molecular formula is C40H55N5O6. The van der Waals surface area contributed by atoms with Gasteiger partial charge < -0.3 is 38.7 Å². The van der Waals surface area contributed by atoms with Gasteiger partial charge in [-0.25, -0.2) is 0 Å². The van der Waals surface area contributed by atoms with Crippen LogP contribution in [0.4, 0.5) is 0 Å². The number of aryl methyl sites for hydroxylation is 1. The molecule has 3 aliphatic rings. The van der Waals surface area contributed by atoms with Crippen molar-refractivity contribution in [2.24, 2.45) is 5.73 Å². The molecule has 11 heteroatoms. The fourth-order valence-electron chi connectivity index (χ4n) is 7.78. The van der Waals surface area contributed by atoms with Gasteiger partial charge in [0.25, 0.3) is 0 Å². The minimum Gasteiger partial charge on any atom is -0.491 e. The minimum atomic E-state index is 0.0896. The van der Waals surface area contributed by atoms with Crippen molar-refractivity contribution >= 4 is 0 Å². The van der Waals surface area contributed by atoms with Gasteiger partial charge in [0.1, 0.15) is 42.5 Å². The second kappa shape index (κ2) is 19.4. The van der Waals surface area contributed by atoms with E-state index in [1.165, 1.54) is 18.4 Å². The summed E-state index contributed by atoms with van der Waals surface area (Å²) < 4.78 is 36.3. The summed E-state index contributed by atoms with van der Waals surface area (Å²) in [5.41, 5.74) is 7.80. The summed E-state index contributed by atoms with van der Waals surface area (Å²) in [5, 5.41) is 9.27. The van der Waals surface area contributed by atoms with E-state index in [0.717, 1.165) is 61.8 Å². The highest BCUT2D eigenvalue weighted by molar-refractivity contribution is 5.31. The molecule has 11 nitrogen and oxygen atoms in total. The molecule has 6 rings (SSSR count). The highest BCUT2D eigenvalue weighted by atomic mass is 16.6. The maximum absolute atomic E-state index is 6.57. The number of nitrogens with two attached hydrogens (primary N) is 1. The first-order valence-electron chi connectivity index (χ1n) is 18.7. The van der Waals surface area contributed by atoms with Crippen molar-refractivity contribution in [3.8, 4) is 23.8 Å². The molecule has 0 amide bonds. The predicted molar refractivity (Wildman–Crippen MR) is 195 cm³/mol. The number of hydrogen-bond acceptors (Lipinski definition) is 10. The molecule has 2 aromatic carbocycles. The standard InChI is InChI=1S/C40H55N5O6/c1-3-17-46-18-19-47-20-21-48-22-23-49-24-25-50-36-11-13-37(14-12-36)51-38-26-32(27-38)40-43-42-30(2)45(40)35-28-33-9-10-34(29-35)44(33)16-15-39(41)31-7-5-4-6-8-31/h1,4-8,11-14,32-35,38-39H,9-10,15-29,41H2,2H3/t32?,33?,34?,35?,38?,39-/m0/s1. The molecule has 2 unspecified atom stereocenters. The number of benzene rings is 2. The van der Waals surface area contributed by atoms with Gasteiger partial charge in [-0.05, 0) is 81.7 Å². The van der Waals surface area contributed by atoms with Crippen molar-refractivity contribution in [2.45, 2.75) is 88.1 Å². The van der Waals surface area contributed by atoms with E-state index in [-0.39, 0.29) is 12.1 Å². The number of aromatic nitrogens is 3. The Kier molecular flexibility index (Phi) is 14.2. The van der Waals surface area contributed by atoms with E-state index in [4.69, 9.17) is 45.7 Å². The molecule has 2 aliphatic heterocycles. The molecule has 2 saturated heterocycles.